The maximum Gasteiger partial charge on any atom is 0.134 e. The molecule has 0 saturated heterocycles. The van der Waals surface area contributed by atoms with Gasteiger partial charge in [-0.25, -0.2) is 9.97 Å². The van der Waals surface area contributed by atoms with Crippen LogP contribution in [0.15, 0.2) is 0 Å². The third kappa shape index (κ3) is 2.46. The van der Waals surface area contributed by atoms with Gasteiger partial charge < -0.3 is 5.73 Å². The standard InChI is InChI=1S/C12H21N3/c1-5-9(6-2)12-14-8(4)10(7-3)11(13)15-12/h9H,5-7H2,1-4H3,(H2,13,14,15). The van der Waals surface area contributed by atoms with Crippen molar-refractivity contribution in [1.29, 1.82) is 0 Å². The van der Waals surface area contributed by atoms with E-state index < -0.39 is 0 Å². The molecule has 0 unspecified atom stereocenters. The van der Waals surface area contributed by atoms with Crippen LogP contribution in [0.3, 0.4) is 0 Å². The topological polar surface area (TPSA) is 51.8 Å². The van der Waals surface area contributed by atoms with E-state index in [4.69, 9.17) is 5.73 Å². The Morgan fingerprint density at radius 2 is 1.73 bits per heavy atom. The van der Waals surface area contributed by atoms with Crippen LogP contribution in [0, 0.1) is 6.92 Å². The van der Waals surface area contributed by atoms with Crippen molar-refractivity contribution in [3.05, 3.63) is 17.1 Å². The van der Waals surface area contributed by atoms with Gasteiger partial charge in [-0.2, -0.15) is 0 Å². The molecule has 0 saturated carbocycles. The first-order valence-electron chi connectivity index (χ1n) is 5.76. The maximum atomic E-state index is 5.93. The van der Waals surface area contributed by atoms with Crippen LogP contribution in [0.5, 0.6) is 0 Å². The molecular weight excluding hydrogens is 186 g/mol. The molecule has 2 N–H and O–H groups in total. The zero-order chi connectivity index (χ0) is 11.4. The zero-order valence-corrected chi connectivity index (χ0v) is 10.2. The number of hydrogen-bond acceptors (Lipinski definition) is 3. The van der Waals surface area contributed by atoms with E-state index in [-0.39, 0.29) is 0 Å². The number of nitrogens with zero attached hydrogens (tertiary/aromatic N) is 2. The first kappa shape index (κ1) is 12.0. The van der Waals surface area contributed by atoms with E-state index in [1.165, 1.54) is 0 Å². The number of hydrogen-bond donors (Lipinski definition) is 1. The molecule has 0 fully saturated rings. The van der Waals surface area contributed by atoms with Gasteiger partial charge in [0.1, 0.15) is 11.6 Å². The van der Waals surface area contributed by atoms with Gasteiger partial charge in [-0.1, -0.05) is 20.8 Å². The molecule has 0 radical (unpaired) electrons. The molecule has 1 rings (SSSR count). The minimum absolute atomic E-state index is 0.442. The van der Waals surface area contributed by atoms with Gasteiger partial charge in [0.25, 0.3) is 0 Å². The lowest BCUT2D eigenvalue weighted by atomic mass is 10.0. The van der Waals surface area contributed by atoms with Gasteiger partial charge >= 0.3 is 0 Å². The van der Waals surface area contributed by atoms with E-state index in [9.17, 15) is 0 Å². The second kappa shape index (κ2) is 5.10. The van der Waals surface area contributed by atoms with Gasteiger partial charge in [0.15, 0.2) is 0 Å². The highest BCUT2D eigenvalue weighted by Crippen LogP contribution is 2.22. The van der Waals surface area contributed by atoms with Gasteiger partial charge in [0, 0.05) is 17.2 Å². The highest BCUT2D eigenvalue weighted by atomic mass is 15.0. The van der Waals surface area contributed by atoms with Crippen LogP contribution in [0.25, 0.3) is 0 Å². The molecule has 1 aromatic rings. The van der Waals surface area contributed by atoms with Crippen molar-refractivity contribution >= 4 is 5.82 Å². The molecule has 15 heavy (non-hydrogen) atoms. The van der Waals surface area contributed by atoms with Crippen LogP contribution in [-0.4, -0.2) is 9.97 Å². The average Bonchev–Trinajstić information content (AvgIpc) is 2.19. The fourth-order valence-electron chi connectivity index (χ4n) is 1.91. The number of anilines is 1. The fourth-order valence-corrected chi connectivity index (χ4v) is 1.91. The summed E-state index contributed by atoms with van der Waals surface area (Å²) in [6, 6.07) is 0. The van der Waals surface area contributed by atoms with Crippen LogP contribution in [-0.2, 0) is 6.42 Å². The van der Waals surface area contributed by atoms with Crippen LogP contribution >= 0.6 is 0 Å². The summed E-state index contributed by atoms with van der Waals surface area (Å²) in [5.41, 5.74) is 8.05. The van der Waals surface area contributed by atoms with E-state index in [0.717, 1.165) is 36.3 Å². The Labute approximate surface area is 92.1 Å². The van der Waals surface area contributed by atoms with Crippen molar-refractivity contribution in [2.75, 3.05) is 5.73 Å². The molecule has 0 atom stereocenters. The number of aromatic nitrogens is 2. The first-order valence-corrected chi connectivity index (χ1v) is 5.76. The summed E-state index contributed by atoms with van der Waals surface area (Å²) in [6.45, 7) is 8.43. The fraction of sp³-hybridized carbons (Fsp3) is 0.667. The number of rotatable bonds is 4. The summed E-state index contributed by atoms with van der Waals surface area (Å²) in [5, 5.41) is 0. The molecule has 1 aromatic heterocycles. The lowest BCUT2D eigenvalue weighted by Crippen LogP contribution is -2.10. The molecule has 1 heterocycles. The predicted molar refractivity (Wildman–Crippen MR) is 63.9 cm³/mol. The molecule has 0 aliphatic carbocycles. The zero-order valence-electron chi connectivity index (χ0n) is 10.2. The summed E-state index contributed by atoms with van der Waals surface area (Å²) in [7, 11) is 0. The van der Waals surface area contributed by atoms with Gasteiger partial charge in [-0.3, -0.25) is 0 Å². The minimum atomic E-state index is 0.442. The maximum absolute atomic E-state index is 5.93. The molecule has 0 aliphatic rings. The van der Waals surface area contributed by atoms with Gasteiger partial charge in [-0.15, -0.1) is 0 Å². The SMILES string of the molecule is CCc1c(C)nc(C(CC)CC)nc1N. The highest BCUT2D eigenvalue weighted by molar-refractivity contribution is 5.42. The third-order valence-corrected chi connectivity index (χ3v) is 2.97. The van der Waals surface area contributed by atoms with Crippen LogP contribution < -0.4 is 5.73 Å². The van der Waals surface area contributed by atoms with Crippen molar-refractivity contribution in [1.82, 2.24) is 9.97 Å². The van der Waals surface area contributed by atoms with Crippen molar-refractivity contribution in [2.45, 2.75) is 52.9 Å². The van der Waals surface area contributed by atoms with Crippen molar-refractivity contribution < 1.29 is 0 Å². The van der Waals surface area contributed by atoms with Crippen LogP contribution in [0.4, 0.5) is 5.82 Å². The van der Waals surface area contributed by atoms with Gasteiger partial charge in [-0.05, 0) is 26.2 Å². The smallest absolute Gasteiger partial charge is 0.134 e. The largest absolute Gasteiger partial charge is 0.383 e. The molecule has 3 nitrogen and oxygen atoms in total. The van der Waals surface area contributed by atoms with E-state index in [1.54, 1.807) is 0 Å². The quantitative estimate of drug-likeness (QED) is 0.826. The molecule has 0 aliphatic heterocycles. The Kier molecular flexibility index (Phi) is 4.06. The van der Waals surface area contributed by atoms with E-state index in [2.05, 4.69) is 30.7 Å². The van der Waals surface area contributed by atoms with Crippen LogP contribution in [0.1, 0.15) is 56.6 Å². The highest BCUT2D eigenvalue weighted by Gasteiger charge is 2.13. The minimum Gasteiger partial charge on any atom is -0.383 e. The predicted octanol–water partition coefficient (Wildman–Crippen LogP) is 2.83. The first-order chi connectivity index (χ1) is 7.13. The lowest BCUT2D eigenvalue weighted by Gasteiger charge is -2.14. The number of aryl methyl sites for hydroxylation is 1. The van der Waals surface area contributed by atoms with Gasteiger partial charge in [0.2, 0.25) is 0 Å². The second-order valence-electron chi connectivity index (χ2n) is 3.90. The van der Waals surface area contributed by atoms with Gasteiger partial charge in [0.05, 0.1) is 0 Å². The summed E-state index contributed by atoms with van der Waals surface area (Å²) in [4.78, 5) is 8.97. The number of nitrogen functional groups attached to an aromatic ring is 1. The molecule has 3 heteroatoms. The molecular formula is C12H21N3. The van der Waals surface area contributed by atoms with Crippen LogP contribution in [0.2, 0.25) is 0 Å². The Balaban J connectivity index is 3.12. The number of nitrogens with two attached hydrogens (primary N) is 1. The summed E-state index contributed by atoms with van der Waals surface area (Å²) in [5.74, 6) is 2.01. The Morgan fingerprint density at radius 1 is 1.13 bits per heavy atom. The molecule has 0 spiro atoms. The molecule has 0 bridgehead atoms. The Morgan fingerprint density at radius 3 is 2.13 bits per heavy atom. The van der Waals surface area contributed by atoms with E-state index in [0.29, 0.717) is 11.7 Å². The average molecular weight is 207 g/mol. The third-order valence-electron chi connectivity index (χ3n) is 2.97. The molecule has 0 aromatic carbocycles. The normalized spacial score (nSPS) is 11.0. The molecule has 0 amide bonds. The monoisotopic (exact) mass is 207 g/mol. The molecule has 84 valence electrons. The summed E-state index contributed by atoms with van der Waals surface area (Å²) >= 11 is 0. The van der Waals surface area contributed by atoms with Crippen molar-refractivity contribution in [2.24, 2.45) is 0 Å². The van der Waals surface area contributed by atoms with Crippen molar-refractivity contribution in [3.63, 3.8) is 0 Å². The van der Waals surface area contributed by atoms with E-state index >= 15 is 0 Å². The Hall–Kier alpha value is -1.12. The summed E-state index contributed by atoms with van der Waals surface area (Å²) < 4.78 is 0. The second-order valence-corrected chi connectivity index (χ2v) is 3.90. The lowest BCUT2D eigenvalue weighted by molar-refractivity contribution is 0.599. The summed E-state index contributed by atoms with van der Waals surface area (Å²) in [6.07, 6.45) is 3.04. The Bertz CT molecular complexity index is 307. The van der Waals surface area contributed by atoms with Crippen molar-refractivity contribution in [3.8, 4) is 0 Å². The van der Waals surface area contributed by atoms with E-state index in [1.807, 2.05) is 6.92 Å².